The first-order valence-corrected chi connectivity index (χ1v) is 6.25. The van der Waals surface area contributed by atoms with E-state index in [0.717, 1.165) is 25.1 Å². The Labute approximate surface area is 104 Å². The first-order valence-electron chi connectivity index (χ1n) is 6.25. The lowest BCUT2D eigenvalue weighted by molar-refractivity contribution is 0.0557. The second-order valence-electron chi connectivity index (χ2n) is 4.54. The normalized spacial score (nSPS) is 14.3. The first-order chi connectivity index (χ1) is 8.14. The van der Waals surface area contributed by atoms with Crippen LogP contribution in [0.3, 0.4) is 0 Å². The number of rotatable bonds is 8. The van der Waals surface area contributed by atoms with Gasteiger partial charge >= 0.3 is 0 Å². The molecule has 3 heteroatoms. The van der Waals surface area contributed by atoms with Crippen LogP contribution in [0, 0.1) is 0 Å². The van der Waals surface area contributed by atoms with Crippen molar-refractivity contribution in [1.82, 2.24) is 5.32 Å². The van der Waals surface area contributed by atoms with E-state index in [9.17, 15) is 5.11 Å². The maximum absolute atomic E-state index is 9.76. The molecule has 0 bridgehead atoms. The number of aliphatic hydroxyl groups is 1. The van der Waals surface area contributed by atoms with E-state index < -0.39 is 5.60 Å². The molecule has 0 radical (unpaired) electrons. The third-order valence-corrected chi connectivity index (χ3v) is 2.78. The van der Waals surface area contributed by atoms with Crippen LogP contribution < -0.4 is 10.1 Å². The van der Waals surface area contributed by atoms with E-state index in [2.05, 4.69) is 5.32 Å². The minimum atomic E-state index is -0.597. The van der Waals surface area contributed by atoms with E-state index in [1.807, 2.05) is 44.2 Å². The second-order valence-corrected chi connectivity index (χ2v) is 4.54. The minimum absolute atomic E-state index is 0.597. The van der Waals surface area contributed by atoms with Gasteiger partial charge in [0.1, 0.15) is 5.75 Å². The van der Waals surface area contributed by atoms with E-state index in [1.165, 1.54) is 0 Å². The van der Waals surface area contributed by atoms with Gasteiger partial charge in [-0.2, -0.15) is 0 Å². The summed E-state index contributed by atoms with van der Waals surface area (Å²) in [5, 5.41) is 13.0. The van der Waals surface area contributed by atoms with Crippen LogP contribution in [0.15, 0.2) is 30.3 Å². The zero-order valence-electron chi connectivity index (χ0n) is 10.8. The summed E-state index contributed by atoms with van der Waals surface area (Å²) in [7, 11) is 0. The number of nitrogens with one attached hydrogen (secondary N) is 1. The lowest BCUT2D eigenvalue weighted by atomic mass is 10.0. The molecule has 0 aliphatic carbocycles. The van der Waals surface area contributed by atoms with Crippen molar-refractivity contribution >= 4 is 0 Å². The van der Waals surface area contributed by atoms with E-state index >= 15 is 0 Å². The number of hydrogen-bond acceptors (Lipinski definition) is 3. The topological polar surface area (TPSA) is 41.5 Å². The summed E-state index contributed by atoms with van der Waals surface area (Å²) in [5.41, 5.74) is -0.597. The van der Waals surface area contributed by atoms with Gasteiger partial charge in [-0.25, -0.2) is 0 Å². The van der Waals surface area contributed by atoms with Crippen molar-refractivity contribution < 1.29 is 9.84 Å². The zero-order chi connectivity index (χ0) is 12.6. The molecule has 0 amide bonds. The van der Waals surface area contributed by atoms with Gasteiger partial charge in [-0.3, -0.25) is 0 Å². The molecule has 0 heterocycles. The highest BCUT2D eigenvalue weighted by atomic mass is 16.5. The van der Waals surface area contributed by atoms with E-state index in [4.69, 9.17) is 4.74 Å². The van der Waals surface area contributed by atoms with Crippen LogP contribution in [-0.4, -0.2) is 30.4 Å². The molecule has 3 nitrogen and oxygen atoms in total. The zero-order valence-corrected chi connectivity index (χ0v) is 10.8. The van der Waals surface area contributed by atoms with E-state index in [0.29, 0.717) is 13.2 Å². The van der Waals surface area contributed by atoms with Crippen molar-refractivity contribution in [1.29, 1.82) is 0 Å². The van der Waals surface area contributed by atoms with Gasteiger partial charge in [0.2, 0.25) is 0 Å². The number of hydrogen-bond donors (Lipinski definition) is 2. The Morgan fingerprint density at radius 1 is 1.29 bits per heavy atom. The fourth-order valence-corrected chi connectivity index (χ4v) is 1.39. The molecule has 0 aliphatic heterocycles. The molecular formula is C14H23NO2. The van der Waals surface area contributed by atoms with Gasteiger partial charge in [-0.15, -0.1) is 0 Å². The largest absolute Gasteiger partial charge is 0.494 e. The summed E-state index contributed by atoms with van der Waals surface area (Å²) in [5.74, 6) is 0.910. The summed E-state index contributed by atoms with van der Waals surface area (Å²) < 4.78 is 5.56. The average Bonchev–Trinajstić information content (AvgIpc) is 2.35. The molecule has 17 heavy (non-hydrogen) atoms. The molecule has 2 N–H and O–H groups in total. The average molecular weight is 237 g/mol. The predicted molar refractivity (Wildman–Crippen MR) is 70.3 cm³/mol. The Morgan fingerprint density at radius 3 is 2.65 bits per heavy atom. The molecule has 1 unspecified atom stereocenters. The van der Waals surface area contributed by atoms with Crippen molar-refractivity contribution in [2.75, 3.05) is 19.7 Å². The van der Waals surface area contributed by atoms with Crippen molar-refractivity contribution in [2.24, 2.45) is 0 Å². The van der Waals surface area contributed by atoms with Crippen molar-refractivity contribution in [3.8, 4) is 5.75 Å². The molecule has 1 aromatic carbocycles. The second kappa shape index (κ2) is 7.30. The highest BCUT2D eigenvalue weighted by Gasteiger charge is 2.15. The smallest absolute Gasteiger partial charge is 0.119 e. The van der Waals surface area contributed by atoms with Crippen LogP contribution in [0.25, 0.3) is 0 Å². The molecule has 0 aromatic heterocycles. The molecule has 0 saturated carbocycles. The molecule has 0 aliphatic rings. The molecule has 0 spiro atoms. The Balaban J connectivity index is 2.02. The Hall–Kier alpha value is -1.06. The van der Waals surface area contributed by atoms with Gasteiger partial charge in [-0.1, -0.05) is 25.1 Å². The Bertz CT molecular complexity index is 298. The molecule has 1 aromatic rings. The highest BCUT2D eigenvalue weighted by molar-refractivity contribution is 5.20. The molecule has 1 rings (SSSR count). The first kappa shape index (κ1) is 14.0. The predicted octanol–water partition coefficient (Wildman–Crippen LogP) is 2.21. The van der Waals surface area contributed by atoms with Crippen LogP contribution in [-0.2, 0) is 0 Å². The van der Waals surface area contributed by atoms with Gasteiger partial charge in [0.15, 0.2) is 0 Å². The summed E-state index contributed by atoms with van der Waals surface area (Å²) in [6, 6.07) is 9.81. The highest BCUT2D eigenvalue weighted by Crippen LogP contribution is 2.08. The van der Waals surface area contributed by atoms with Gasteiger partial charge in [0.05, 0.1) is 12.2 Å². The molecule has 0 fully saturated rings. The molecule has 96 valence electrons. The van der Waals surface area contributed by atoms with Gasteiger partial charge in [0, 0.05) is 6.54 Å². The van der Waals surface area contributed by atoms with Crippen LogP contribution in [0.4, 0.5) is 0 Å². The van der Waals surface area contributed by atoms with Crippen LogP contribution in [0.1, 0.15) is 26.7 Å². The number of para-hydroxylation sites is 1. The fraction of sp³-hybridized carbons (Fsp3) is 0.571. The fourth-order valence-electron chi connectivity index (χ4n) is 1.39. The standard InChI is InChI=1S/C14H23NO2/c1-3-14(2,16)12-15-10-7-11-17-13-8-5-4-6-9-13/h4-6,8-9,15-16H,3,7,10-12H2,1-2H3. The SMILES string of the molecule is CCC(C)(O)CNCCCOc1ccccc1. The van der Waals surface area contributed by atoms with Crippen LogP contribution >= 0.6 is 0 Å². The van der Waals surface area contributed by atoms with E-state index in [1.54, 1.807) is 0 Å². The van der Waals surface area contributed by atoms with Crippen molar-refractivity contribution in [3.63, 3.8) is 0 Å². The molecule has 1 atom stereocenters. The number of ether oxygens (including phenoxy) is 1. The van der Waals surface area contributed by atoms with Gasteiger partial charge in [-0.05, 0) is 38.4 Å². The van der Waals surface area contributed by atoms with Crippen LogP contribution in [0.5, 0.6) is 5.75 Å². The Morgan fingerprint density at radius 2 is 2.00 bits per heavy atom. The number of benzene rings is 1. The van der Waals surface area contributed by atoms with Crippen molar-refractivity contribution in [2.45, 2.75) is 32.3 Å². The van der Waals surface area contributed by atoms with Gasteiger partial charge in [0.25, 0.3) is 0 Å². The van der Waals surface area contributed by atoms with Gasteiger partial charge < -0.3 is 15.2 Å². The maximum atomic E-state index is 9.76. The molecule has 0 saturated heterocycles. The maximum Gasteiger partial charge on any atom is 0.119 e. The van der Waals surface area contributed by atoms with Crippen molar-refractivity contribution in [3.05, 3.63) is 30.3 Å². The van der Waals surface area contributed by atoms with E-state index in [-0.39, 0.29) is 0 Å². The summed E-state index contributed by atoms with van der Waals surface area (Å²) >= 11 is 0. The minimum Gasteiger partial charge on any atom is -0.494 e. The summed E-state index contributed by atoms with van der Waals surface area (Å²) in [4.78, 5) is 0. The Kier molecular flexibility index (Phi) is 6.01. The lowest BCUT2D eigenvalue weighted by Crippen LogP contribution is -2.37. The molecular weight excluding hydrogens is 214 g/mol. The monoisotopic (exact) mass is 237 g/mol. The third kappa shape index (κ3) is 6.29. The summed E-state index contributed by atoms with van der Waals surface area (Å²) in [6.45, 7) is 6.03. The lowest BCUT2D eigenvalue weighted by Gasteiger charge is -2.21. The van der Waals surface area contributed by atoms with Crippen LogP contribution in [0.2, 0.25) is 0 Å². The summed E-state index contributed by atoms with van der Waals surface area (Å²) in [6.07, 6.45) is 1.70. The quantitative estimate of drug-likeness (QED) is 0.681. The third-order valence-electron chi connectivity index (χ3n) is 2.78.